The van der Waals surface area contributed by atoms with Crippen LogP contribution in [0.3, 0.4) is 0 Å². The third kappa shape index (κ3) is 4.11. The Morgan fingerprint density at radius 1 is 1.24 bits per heavy atom. The van der Waals surface area contributed by atoms with Crippen LogP contribution in [0.25, 0.3) is 0 Å². The SMILES string of the molecule is CCC[Se]CC(N)C(O)(P(=O)(O)O)P(=O)(O)O. The average molecular weight is 356 g/mol. The first-order valence-electron chi connectivity index (χ1n) is 4.65. The van der Waals surface area contributed by atoms with Crippen molar-refractivity contribution in [3.8, 4) is 0 Å². The van der Waals surface area contributed by atoms with Gasteiger partial charge in [0.1, 0.15) is 0 Å². The molecule has 0 heterocycles. The van der Waals surface area contributed by atoms with Crippen LogP contribution in [0, 0.1) is 0 Å². The zero-order valence-electron chi connectivity index (χ0n) is 9.13. The van der Waals surface area contributed by atoms with Gasteiger partial charge in [0.2, 0.25) is 0 Å². The Kier molecular flexibility index (Phi) is 6.53. The van der Waals surface area contributed by atoms with Gasteiger partial charge in [-0.1, -0.05) is 0 Å². The maximum atomic E-state index is 11.1. The van der Waals surface area contributed by atoms with E-state index in [0.717, 1.165) is 11.7 Å². The molecule has 0 aliphatic rings. The Bertz CT molecular complexity index is 317. The molecule has 0 aromatic carbocycles. The molecule has 8 nitrogen and oxygen atoms in total. The summed E-state index contributed by atoms with van der Waals surface area (Å²) in [7, 11) is -10.9. The molecule has 0 bridgehead atoms. The molecule has 0 fully saturated rings. The van der Waals surface area contributed by atoms with E-state index in [0.29, 0.717) is 0 Å². The first-order valence-corrected chi connectivity index (χ1v) is 10.3. The Hall–Kier alpha value is 0.739. The van der Waals surface area contributed by atoms with Gasteiger partial charge in [-0.3, -0.25) is 0 Å². The number of hydrogen-bond acceptors (Lipinski definition) is 4. The van der Waals surface area contributed by atoms with Gasteiger partial charge >= 0.3 is 105 Å². The molecule has 0 rings (SSSR count). The van der Waals surface area contributed by atoms with Crippen LogP contribution in [0.1, 0.15) is 13.3 Å². The topological polar surface area (TPSA) is 161 Å². The molecule has 17 heavy (non-hydrogen) atoms. The van der Waals surface area contributed by atoms with Crippen LogP contribution in [0.5, 0.6) is 0 Å². The Morgan fingerprint density at radius 2 is 1.65 bits per heavy atom. The molecule has 0 aromatic rings. The normalized spacial score (nSPS) is 15.9. The summed E-state index contributed by atoms with van der Waals surface area (Å²) in [5.74, 6) is 0. The van der Waals surface area contributed by atoms with Gasteiger partial charge in [0.05, 0.1) is 0 Å². The monoisotopic (exact) mass is 357 g/mol. The summed E-state index contributed by atoms with van der Waals surface area (Å²) in [4.78, 5) is 35.6. The molecule has 7 N–H and O–H groups in total. The average Bonchev–Trinajstić information content (AvgIpc) is 2.13. The Labute approximate surface area is 105 Å². The van der Waals surface area contributed by atoms with E-state index in [1.807, 2.05) is 6.92 Å². The fourth-order valence-electron chi connectivity index (χ4n) is 1.07. The first kappa shape index (κ1) is 17.7. The van der Waals surface area contributed by atoms with E-state index < -0.39 is 26.3 Å². The molecule has 1 unspecified atom stereocenters. The summed E-state index contributed by atoms with van der Waals surface area (Å²) in [6.45, 7) is 1.89. The van der Waals surface area contributed by atoms with Crippen LogP contribution in [-0.4, -0.2) is 50.8 Å². The van der Waals surface area contributed by atoms with Crippen LogP contribution in [0.15, 0.2) is 0 Å². The molecule has 1 atom stereocenters. The number of aliphatic hydroxyl groups is 1. The molecular weight excluding hydrogens is 339 g/mol. The van der Waals surface area contributed by atoms with Crippen molar-refractivity contribution in [2.45, 2.75) is 35.1 Å². The molecule has 0 spiro atoms. The Balaban J connectivity index is 5.09. The van der Waals surface area contributed by atoms with Crippen LogP contribution < -0.4 is 5.73 Å². The predicted molar refractivity (Wildman–Crippen MR) is 62.7 cm³/mol. The van der Waals surface area contributed by atoms with Crippen molar-refractivity contribution in [1.82, 2.24) is 0 Å². The summed E-state index contributed by atoms with van der Waals surface area (Å²) >= 11 is -0.132. The molecule has 0 aliphatic carbocycles. The van der Waals surface area contributed by atoms with Crippen molar-refractivity contribution >= 4 is 30.1 Å². The Morgan fingerprint density at radius 3 is 1.94 bits per heavy atom. The van der Waals surface area contributed by atoms with E-state index in [9.17, 15) is 14.2 Å². The van der Waals surface area contributed by atoms with Crippen molar-refractivity contribution in [2.75, 3.05) is 0 Å². The van der Waals surface area contributed by atoms with Crippen molar-refractivity contribution in [2.24, 2.45) is 5.73 Å². The van der Waals surface area contributed by atoms with Crippen molar-refractivity contribution < 1.29 is 33.8 Å². The fourth-order valence-corrected chi connectivity index (χ4v) is 6.02. The molecule has 0 saturated carbocycles. The summed E-state index contributed by atoms with van der Waals surface area (Å²) < 4.78 is 22.1. The van der Waals surface area contributed by atoms with Crippen molar-refractivity contribution in [3.05, 3.63) is 0 Å². The van der Waals surface area contributed by atoms with E-state index in [1.54, 1.807) is 0 Å². The standard InChI is InChI=1S/C6H17NO7P2Se/c1-2-3-17-4-5(7)6(8,15(9,10)11)16(12,13)14/h5,8H,2-4,7H2,1H3,(H2,9,10,11)(H2,12,13,14). The molecular formula is C6H17NO7P2Se. The third-order valence-electron chi connectivity index (χ3n) is 2.00. The van der Waals surface area contributed by atoms with Gasteiger partial charge in [-0.05, 0) is 0 Å². The second kappa shape index (κ2) is 6.26. The molecule has 0 amide bonds. The molecule has 0 radical (unpaired) electrons. The summed E-state index contributed by atoms with van der Waals surface area (Å²) in [5.41, 5.74) is 5.35. The molecule has 0 saturated heterocycles. The molecule has 11 heteroatoms. The van der Waals surface area contributed by atoms with Crippen LogP contribution in [0.4, 0.5) is 0 Å². The predicted octanol–water partition coefficient (Wildman–Crippen LogP) is -0.734. The fraction of sp³-hybridized carbons (Fsp3) is 1.00. The number of nitrogens with two attached hydrogens (primary N) is 1. The molecule has 0 aromatic heterocycles. The summed E-state index contributed by atoms with van der Waals surface area (Å²) in [5, 5.41) is 6.85. The first-order chi connectivity index (χ1) is 7.48. The van der Waals surface area contributed by atoms with E-state index in [4.69, 9.17) is 25.3 Å². The van der Waals surface area contributed by atoms with Gasteiger partial charge in [0.15, 0.2) is 0 Å². The number of hydrogen-bond donors (Lipinski definition) is 6. The maximum absolute atomic E-state index is 11.1. The summed E-state index contributed by atoms with van der Waals surface area (Å²) in [6, 6.07) is -1.66. The molecule has 0 aliphatic heterocycles. The quantitative estimate of drug-likeness (QED) is 0.198. The summed E-state index contributed by atoms with van der Waals surface area (Å²) in [6.07, 6.45) is 0.830. The van der Waals surface area contributed by atoms with Gasteiger partial charge in [-0.15, -0.1) is 0 Å². The van der Waals surface area contributed by atoms with Crippen LogP contribution >= 0.6 is 15.2 Å². The minimum absolute atomic E-state index is 0.0203. The molecule has 104 valence electrons. The van der Waals surface area contributed by atoms with E-state index in [-0.39, 0.29) is 20.3 Å². The third-order valence-corrected chi connectivity index (χ3v) is 8.65. The van der Waals surface area contributed by atoms with E-state index in [1.165, 1.54) is 0 Å². The van der Waals surface area contributed by atoms with Crippen molar-refractivity contribution in [1.29, 1.82) is 0 Å². The minimum atomic E-state index is -5.44. The second-order valence-electron chi connectivity index (χ2n) is 3.46. The zero-order valence-corrected chi connectivity index (χ0v) is 12.6. The number of rotatable bonds is 7. The zero-order chi connectivity index (χ0) is 13.9. The van der Waals surface area contributed by atoms with E-state index >= 15 is 0 Å². The van der Waals surface area contributed by atoms with Crippen molar-refractivity contribution in [3.63, 3.8) is 0 Å². The van der Waals surface area contributed by atoms with Gasteiger partial charge in [0, 0.05) is 0 Å². The van der Waals surface area contributed by atoms with Gasteiger partial charge in [-0.25, -0.2) is 0 Å². The van der Waals surface area contributed by atoms with Gasteiger partial charge in [-0.2, -0.15) is 0 Å². The van der Waals surface area contributed by atoms with E-state index in [2.05, 4.69) is 0 Å². The van der Waals surface area contributed by atoms with Crippen LogP contribution in [0.2, 0.25) is 10.6 Å². The van der Waals surface area contributed by atoms with Crippen LogP contribution in [-0.2, 0) is 9.13 Å². The van der Waals surface area contributed by atoms with Gasteiger partial charge < -0.3 is 0 Å². The second-order valence-corrected chi connectivity index (χ2v) is 9.76. The van der Waals surface area contributed by atoms with Gasteiger partial charge in [0.25, 0.3) is 0 Å².